The molecule has 0 N–H and O–H groups in total. The summed E-state index contributed by atoms with van der Waals surface area (Å²) < 4.78 is 45.8. The molecule has 156 valence electrons. The van der Waals surface area contributed by atoms with E-state index in [-0.39, 0.29) is 18.1 Å². The highest BCUT2D eigenvalue weighted by atomic mass is 19.4. The Morgan fingerprint density at radius 2 is 1.77 bits per heavy atom. The Hall–Kier alpha value is -2.77. The molecular formula is C23H22F3N3O. The van der Waals surface area contributed by atoms with Gasteiger partial charge >= 0.3 is 6.18 Å². The summed E-state index contributed by atoms with van der Waals surface area (Å²) in [6.45, 7) is 2.75. The topological polar surface area (TPSA) is 38.2 Å². The van der Waals surface area contributed by atoms with E-state index >= 15 is 0 Å². The summed E-state index contributed by atoms with van der Waals surface area (Å²) in [6, 6.07) is 16.9. The maximum atomic E-state index is 13.3. The van der Waals surface area contributed by atoms with Crippen molar-refractivity contribution in [1.82, 2.24) is 14.9 Å². The van der Waals surface area contributed by atoms with Crippen molar-refractivity contribution in [3.05, 3.63) is 95.1 Å². The molecule has 1 saturated heterocycles. The Labute approximate surface area is 173 Å². The van der Waals surface area contributed by atoms with Gasteiger partial charge in [-0.3, -0.25) is 14.9 Å². The molecular weight excluding hydrogens is 391 g/mol. The molecule has 2 aromatic heterocycles. The predicted octanol–water partition coefficient (Wildman–Crippen LogP) is 4.66. The molecule has 4 nitrogen and oxygen atoms in total. The third-order valence-electron chi connectivity index (χ3n) is 5.11. The molecule has 30 heavy (non-hydrogen) atoms. The van der Waals surface area contributed by atoms with Gasteiger partial charge in [-0.25, -0.2) is 0 Å². The molecule has 0 aliphatic carbocycles. The summed E-state index contributed by atoms with van der Waals surface area (Å²) in [5.74, 6) is 0. The minimum atomic E-state index is -4.38. The lowest BCUT2D eigenvalue weighted by atomic mass is 10.0. The van der Waals surface area contributed by atoms with Crippen LogP contribution >= 0.6 is 0 Å². The van der Waals surface area contributed by atoms with E-state index in [0.717, 1.165) is 30.5 Å². The number of morpholine rings is 1. The first-order valence-corrected chi connectivity index (χ1v) is 9.84. The van der Waals surface area contributed by atoms with Crippen LogP contribution in [0.15, 0.2) is 66.9 Å². The average Bonchev–Trinajstić information content (AvgIpc) is 2.75. The van der Waals surface area contributed by atoms with Crippen molar-refractivity contribution in [2.45, 2.75) is 25.2 Å². The zero-order valence-electron chi connectivity index (χ0n) is 16.3. The van der Waals surface area contributed by atoms with Crippen molar-refractivity contribution in [2.75, 3.05) is 19.7 Å². The Morgan fingerprint density at radius 3 is 2.57 bits per heavy atom. The van der Waals surface area contributed by atoms with Gasteiger partial charge in [0.05, 0.1) is 23.6 Å². The molecule has 1 aliphatic heterocycles. The van der Waals surface area contributed by atoms with Crippen LogP contribution in [-0.2, 0) is 23.9 Å². The number of hydrogen-bond acceptors (Lipinski definition) is 4. The maximum Gasteiger partial charge on any atom is 0.416 e. The molecule has 0 radical (unpaired) electrons. The van der Waals surface area contributed by atoms with Gasteiger partial charge in [0.2, 0.25) is 0 Å². The van der Waals surface area contributed by atoms with Crippen LogP contribution in [0.3, 0.4) is 0 Å². The van der Waals surface area contributed by atoms with Gasteiger partial charge in [0.1, 0.15) is 6.10 Å². The van der Waals surface area contributed by atoms with E-state index in [1.165, 1.54) is 12.1 Å². The van der Waals surface area contributed by atoms with E-state index in [1.807, 2.05) is 30.3 Å². The number of benzene rings is 1. The summed E-state index contributed by atoms with van der Waals surface area (Å²) in [4.78, 5) is 11.2. The van der Waals surface area contributed by atoms with Crippen molar-refractivity contribution < 1.29 is 17.9 Å². The van der Waals surface area contributed by atoms with Gasteiger partial charge in [-0.1, -0.05) is 30.3 Å². The number of halogens is 3. The Kier molecular flexibility index (Phi) is 6.11. The minimum Gasteiger partial charge on any atom is -0.369 e. The molecule has 1 fully saturated rings. The lowest BCUT2D eigenvalue weighted by Crippen LogP contribution is -2.38. The molecule has 1 aliphatic rings. The van der Waals surface area contributed by atoms with Gasteiger partial charge in [-0.2, -0.15) is 13.2 Å². The van der Waals surface area contributed by atoms with Gasteiger partial charge in [0, 0.05) is 37.9 Å². The number of hydrogen-bond donors (Lipinski definition) is 0. The molecule has 0 saturated carbocycles. The molecule has 4 rings (SSSR count). The second-order valence-electron chi connectivity index (χ2n) is 7.30. The van der Waals surface area contributed by atoms with E-state index < -0.39 is 11.7 Å². The predicted molar refractivity (Wildman–Crippen MR) is 107 cm³/mol. The van der Waals surface area contributed by atoms with Crippen molar-refractivity contribution in [2.24, 2.45) is 0 Å². The Bertz CT molecular complexity index is 979. The fourth-order valence-corrected chi connectivity index (χ4v) is 3.67. The molecule has 3 heterocycles. The summed E-state index contributed by atoms with van der Waals surface area (Å²) in [5, 5.41) is 0. The molecule has 7 heteroatoms. The van der Waals surface area contributed by atoms with E-state index in [1.54, 1.807) is 18.3 Å². The molecule has 0 amide bonds. The van der Waals surface area contributed by atoms with E-state index in [0.29, 0.717) is 18.8 Å². The lowest BCUT2D eigenvalue weighted by Gasteiger charge is -2.32. The van der Waals surface area contributed by atoms with Crippen LogP contribution in [0.4, 0.5) is 13.2 Å². The van der Waals surface area contributed by atoms with Crippen LogP contribution in [0.5, 0.6) is 0 Å². The van der Waals surface area contributed by atoms with Gasteiger partial charge in [0.15, 0.2) is 0 Å². The number of nitrogens with zero attached hydrogens (tertiary/aromatic N) is 3. The average molecular weight is 413 g/mol. The number of rotatable bonds is 5. The van der Waals surface area contributed by atoms with E-state index in [9.17, 15) is 13.2 Å². The van der Waals surface area contributed by atoms with Crippen LogP contribution in [0.25, 0.3) is 0 Å². The summed E-state index contributed by atoms with van der Waals surface area (Å²) in [5.41, 5.74) is 1.92. The fourth-order valence-electron chi connectivity index (χ4n) is 3.67. The number of aromatic nitrogens is 2. The monoisotopic (exact) mass is 413 g/mol. The molecule has 0 bridgehead atoms. The number of alkyl halides is 3. The number of pyridine rings is 2. The van der Waals surface area contributed by atoms with Crippen LogP contribution in [0, 0.1) is 0 Å². The highest BCUT2D eigenvalue weighted by Gasteiger charge is 2.33. The normalized spacial score (nSPS) is 17.8. The second kappa shape index (κ2) is 8.93. The minimum absolute atomic E-state index is 0.119. The van der Waals surface area contributed by atoms with E-state index in [4.69, 9.17) is 4.74 Å². The van der Waals surface area contributed by atoms with Crippen LogP contribution in [0.1, 0.15) is 34.3 Å². The standard InChI is InChI=1S/C23H22F3N3O/c24-23(25,26)20-9-2-1-6-17(20)14-18-8-5-10-21(28-18)22-16-29(12-13-30-22)15-19-7-3-4-11-27-19/h1-11,22H,12-16H2. The zero-order chi connectivity index (χ0) is 21.0. The molecule has 3 aromatic rings. The third-order valence-corrected chi connectivity index (χ3v) is 5.11. The van der Waals surface area contributed by atoms with Crippen molar-refractivity contribution in [1.29, 1.82) is 0 Å². The van der Waals surface area contributed by atoms with Gasteiger partial charge in [-0.15, -0.1) is 0 Å². The fraction of sp³-hybridized carbons (Fsp3) is 0.304. The third kappa shape index (κ3) is 5.04. The molecule has 1 atom stereocenters. The maximum absolute atomic E-state index is 13.3. The SMILES string of the molecule is FC(F)(F)c1ccccc1Cc1cccc(C2CN(Cc3ccccn3)CCO2)n1. The lowest BCUT2D eigenvalue weighted by molar-refractivity contribution is -0.138. The van der Waals surface area contributed by atoms with Crippen molar-refractivity contribution >= 4 is 0 Å². The highest BCUT2D eigenvalue weighted by Crippen LogP contribution is 2.33. The summed E-state index contributed by atoms with van der Waals surface area (Å²) in [6.07, 6.45) is -2.71. The van der Waals surface area contributed by atoms with Crippen molar-refractivity contribution in [3.8, 4) is 0 Å². The molecule has 0 spiro atoms. The van der Waals surface area contributed by atoms with Gasteiger partial charge < -0.3 is 4.74 Å². The summed E-state index contributed by atoms with van der Waals surface area (Å²) in [7, 11) is 0. The first-order valence-electron chi connectivity index (χ1n) is 9.84. The van der Waals surface area contributed by atoms with Gasteiger partial charge in [-0.05, 0) is 35.9 Å². The smallest absolute Gasteiger partial charge is 0.369 e. The van der Waals surface area contributed by atoms with Crippen LogP contribution in [-0.4, -0.2) is 34.6 Å². The Balaban J connectivity index is 1.48. The molecule has 1 unspecified atom stereocenters. The van der Waals surface area contributed by atoms with Crippen molar-refractivity contribution in [3.63, 3.8) is 0 Å². The van der Waals surface area contributed by atoms with Gasteiger partial charge in [0.25, 0.3) is 0 Å². The Morgan fingerprint density at radius 1 is 0.967 bits per heavy atom. The summed E-state index contributed by atoms with van der Waals surface area (Å²) >= 11 is 0. The molecule has 1 aromatic carbocycles. The zero-order valence-corrected chi connectivity index (χ0v) is 16.3. The number of ether oxygens (including phenoxy) is 1. The van der Waals surface area contributed by atoms with Crippen LogP contribution < -0.4 is 0 Å². The first kappa shape index (κ1) is 20.5. The highest BCUT2D eigenvalue weighted by molar-refractivity contribution is 5.33. The van der Waals surface area contributed by atoms with E-state index in [2.05, 4.69) is 14.9 Å². The van der Waals surface area contributed by atoms with Crippen LogP contribution in [0.2, 0.25) is 0 Å². The largest absolute Gasteiger partial charge is 0.416 e. The first-order chi connectivity index (χ1) is 14.5. The quantitative estimate of drug-likeness (QED) is 0.610. The second-order valence-corrected chi connectivity index (χ2v) is 7.30.